The number of hydrogen-bond acceptors (Lipinski definition) is 2. The Morgan fingerprint density at radius 2 is 1.31 bits per heavy atom. The third-order valence-electron chi connectivity index (χ3n) is 9.46. The average molecular weight is 629 g/mol. The highest BCUT2D eigenvalue weighted by molar-refractivity contribution is 6.34. The first kappa shape index (κ1) is 28.7. The highest BCUT2D eigenvalue weighted by Crippen LogP contribution is 2.44. The Morgan fingerprint density at radius 3 is 2.06 bits per heavy atom. The molecule has 4 nitrogen and oxygen atoms in total. The molecule has 3 aromatic heterocycles. The van der Waals surface area contributed by atoms with Gasteiger partial charge in [-0.05, 0) is 66.4 Å². The Morgan fingerprint density at radius 1 is 0.633 bits per heavy atom. The molecule has 9 rings (SSSR count). The Hall–Kier alpha value is -6.52. The molecule has 0 bridgehead atoms. The molecule has 0 aliphatic carbocycles. The lowest BCUT2D eigenvalue weighted by molar-refractivity contribution is 1.13. The number of para-hydroxylation sites is 1. The van der Waals surface area contributed by atoms with Crippen LogP contribution >= 0.6 is 0 Å². The van der Waals surface area contributed by atoms with E-state index in [9.17, 15) is 0 Å². The van der Waals surface area contributed by atoms with E-state index in [1.54, 1.807) is 6.08 Å². The Bertz CT molecular complexity index is 2730. The van der Waals surface area contributed by atoms with Crippen LogP contribution in [0.25, 0.3) is 83.1 Å². The number of rotatable bonds is 7. The van der Waals surface area contributed by atoms with E-state index in [4.69, 9.17) is 9.97 Å². The van der Waals surface area contributed by atoms with Gasteiger partial charge in [0.1, 0.15) is 0 Å². The van der Waals surface area contributed by atoms with E-state index in [0.29, 0.717) is 5.82 Å². The van der Waals surface area contributed by atoms with Crippen LogP contribution < -0.4 is 0 Å². The van der Waals surface area contributed by atoms with Crippen LogP contribution in [-0.2, 0) is 0 Å². The summed E-state index contributed by atoms with van der Waals surface area (Å²) >= 11 is 0. The molecule has 0 saturated heterocycles. The topological polar surface area (TPSA) is 35.6 Å². The number of aromatic nitrogens is 4. The second-order valence-corrected chi connectivity index (χ2v) is 12.2. The van der Waals surface area contributed by atoms with E-state index in [0.717, 1.165) is 39.5 Å². The van der Waals surface area contributed by atoms with Gasteiger partial charge in [0.15, 0.2) is 5.82 Å². The van der Waals surface area contributed by atoms with E-state index >= 15 is 0 Å². The van der Waals surface area contributed by atoms with Crippen LogP contribution in [0.2, 0.25) is 0 Å². The Labute approximate surface area is 284 Å². The van der Waals surface area contributed by atoms with Crippen molar-refractivity contribution < 1.29 is 0 Å². The normalized spacial score (nSPS) is 12.3. The van der Waals surface area contributed by atoms with Gasteiger partial charge in [0, 0.05) is 50.2 Å². The minimum Gasteiger partial charge on any atom is -0.316 e. The van der Waals surface area contributed by atoms with E-state index < -0.39 is 0 Å². The molecule has 0 unspecified atom stereocenters. The monoisotopic (exact) mass is 628 g/mol. The maximum atomic E-state index is 5.12. The summed E-state index contributed by atoms with van der Waals surface area (Å²) in [6, 6.07) is 47.2. The number of benzene rings is 6. The van der Waals surface area contributed by atoms with Crippen LogP contribution in [-0.4, -0.2) is 19.1 Å². The van der Waals surface area contributed by atoms with Crippen molar-refractivity contribution in [1.82, 2.24) is 19.1 Å². The van der Waals surface area contributed by atoms with Gasteiger partial charge in [-0.15, -0.1) is 0 Å². The molecular weight excluding hydrogens is 597 g/mol. The molecule has 0 fully saturated rings. The Balaban J connectivity index is 1.27. The summed E-state index contributed by atoms with van der Waals surface area (Å²) < 4.78 is 4.72. The SMILES string of the molecule is C=C/C=C\C(=C/C)c1cc(-c2ccccc2)nc(-c2cccc(-n3c4cccc5c6ccn(-c7ccccc7)c6c6cccc3c6c54)c2)n1. The van der Waals surface area contributed by atoms with E-state index in [2.05, 4.69) is 143 Å². The fraction of sp³-hybridized carbons (Fsp3) is 0.0222. The van der Waals surface area contributed by atoms with Gasteiger partial charge < -0.3 is 9.13 Å². The maximum Gasteiger partial charge on any atom is 0.160 e. The molecule has 0 radical (unpaired) electrons. The summed E-state index contributed by atoms with van der Waals surface area (Å²) in [4.78, 5) is 10.2. The molecule has 0 N–H and O–H groups in total. The van der Waals surface area contributed by atoms with Gasteiger partial charge >= 0.3 is 0 Å². The van der Waals surface area contributed by atoms with Crippen molar-refractivity contribution in [2.45, 2.75) is 6.92 Å². The van der Waals surface area contributed by atoms with Gasteiger partial charge in [0.05, 0.1) is 27.9 Å². The van der Waals surface area contributed by atoms with Crippen molar-refractivity contribution >= 4 is 49.1 Å². The lowest BCUT2D eigenvalue weighted by Gasteiger charge is -2.12. The van der Waals surface area contributed by atoms with Gasteiger partial charge in [-0.25, -0.2) is 9.97 Å². The van der Waals surface area contributed by atoms with Gasteiger partial charge in [-0.3, -0.25) is 0 Å². The zero-order valence-electron chi connectivity index (χ0n) is 27.1. The summed E-state index contributed by atoms with van der Waals surface area (Å²) in [5, 5.41) is 6.32. The number of fused-ring (bicyclic) bond motifs is 3. The molecule has 4 heteroatoms. The summed E-state index contributed by atoms with van der Waals surface area (Å²) in [6.45, 7) is 5.89. The van der Waals surface area contributed by atoms with Crippen LogP contribution in [0.3, 0.4) is 0 Å². The van der Waals surface area contributed by atoms with Crippen LogP contribution in [0.4, 0.5) is 0 Å². The summed E-state index contributed by atoms with van der Waals surface area (Å²) in [5.74, 6) is 0.681. The summed E-state index contributed by atoms with van der Waals surface area (Å²) in [6.07, 6.45) is 10.0. The van der Waals surface area contributed by atoms with Crippen molar-refractivity contribution in [3.05, 3.63) is 176 Å². The molecule has 9 aromatic rings. The van der Waals surface area contributed by atoms with Crippen LogP contribution in [0, 0.1) is 0 Å². The predicted octanol–water partition coefficient (Wildman–Crippen LogP) is 11.6. The summed E-state index contributed by atoms with van der Waals surface area (Å²) in [5.41, 5.74) is 10.6. The zero-order chi connectivity index (χ0) is 32.9. The quantitative estimate of drug-likeness (QED) is 0.130. The van der Waals surface area contributed by atoms with Crippen molar-refractivity contribution in [3.8, 4) is 34.0 Å². The molecule has 0 aliphatic rings. The molecule has 0 amide bonds. The smallest absolute Gasteiger partial charge is 0.160 e. The minimum absolute atomic E-state index is 0.681. The Kier molecular flexibility index (Phi) is 6.80. The van der Waals surface area contributed by atoms with Crippen molar-refractivity contribution in [2.75, 3.05) is 0 Å². The first-order valence-electron chi connectivity index (χ1n) is 16.6. The van der Waals surface area contributed by atoms with Crippen LogP contribution in [0.5, 0.6) is 0 Å². The van der Waals surface area contributed by atoms with Crippen molar-refractivity contribution in [2.24, 2.45) is 0 Å². The molecule has 0 aliphatic heterocycles. The third-order valence-corrected chi connectivity index (χ3v) is 9.46. The van der Waals surface area contributed by atoms with Crippen LogP contribution in [0.15, 0.2) is 171 Å². The minimum atomic E-state index is 0.681. The lowest BCUT2D eigenvalue weighted by atomic mass is 9.98. The number of hydrogen-bond donors (Lipinski definition) is 0. The van der Waals surface area contributed by atoms with Gasteiger partial charge in [-0.2, -0.15) is 0 Å². The van der Waals surface area contributed by atoms with E-state index in [1.807, 2.05) is 37.3 Å². The fourth-order valence-corrected chi connectivity index (χ4v) is 7.30. The van der Waals surface area contributed by atoms with E-state index in [1.165, 1.54) is 43.5 Å². The lowest BCUT2D eigenvalue weighted by Crippen LogP contribution is -1.99. The second-order valence-electron chi connectivity index (χ2n) is 12.2. The first-order chi connectivity index (χ1) is 24.2. The van der Waals surface area contributed by atoms with Gasteiger partial charge in [-0.1, -0.05) is 116 Å². The third kappa shape index (κ3) is 4.61. The molecule has 49 heavy (non-hydrogen) atoms. The maximum absolute atomic E-state index is 5.12. The van der Waals surface area contributed by atoms with Gasteiger partial charge in [0.2, 0.25) is 0 Å². The fourth-order valence-electron chi connectivity index (χ4n) is 7.30. The zero-order valence-corrected chi connectivity index (χ0v) is 27.1. The average Bonchev–Trinajstić information content (AvgIpc) is 3.77. The van der Waals surface area contributed by atoms with Gasteiger partial charge in [0.25, 0.3) is 0 Å². The number of nitrogens with zero attached hydrogens (tertiary/aromatic N) is 4. The van der Waals surface area contributed by atoms with E-state index in [-0.39, 0.29) is 0 Å². The largest absolute Gasteiger partial charge is 0.316 e. The molecule has 6 aromatic carbocycles. The molecule has 3 heterocycles. The van der Waals surface area contributed by atoms with Crippen molar-refractivity contribution in [3.63, 3.8) is 0 Å². The van der Waals surface area contributed by atoms with Crippen molar-refractivity contribution in [1.29, 1.82) is 0 Å². The second kappa shape index (κ2) is 11.6. The van der Waals surface area contributed by atoms with Crippen LogP contribution in [0.1, 0.15) is 12.6 Å². The molecule has 0 spiro atoms. The predicted molar refractivity (Wildman–Crippen MR) is 206 cm³/mol. The molecule has 0 saturated carbocycles. The molecular formula is C45H32N4. The summed E-state index contributed by atoms with van der Waals surface area (Å²) in [7, 11) is 0. The highest BCUT2D eigenvalue weighted by atomic mass is 15.0. The highest BCUT2D eigenvalue weighted by Gasteiger charge is 2.22. The standard InChI is InChI=1S/C45H32N4/c1-3-5-15-30(4-2)38-29-39(31-16-8-6-9-17-31)47-45(46-38)32-18-12-21-34(28-32)49-40-24-13-22-35-36-26-27-48(33-19-10-7-11-20-33)44(36)37-23-14-25-41(49)43(37)42(35)40/h3-29H,1H2,2H3/b15-5-,30-4+. The number of allylic oxidation sites excluding steroid dienone is 5. The first-order valence-corrected chi connectivity index (χ1v) is 16.6. The molecule has 232 valence electrons. The molecule has 0 atom stereocenters.